The molecule has 3 atom stereocenters. The Morgan fingerprint density at radius 3 is 2.17 bits per heavy atom. The molecule has 0 saturated heterocycles. The highest BCUT2D eigenvalue weighted by atomic mass is 16.3. The van der Waals surface area contributed by atoms with Crippen LogP contribution < -0.4 is 0 Å². The molecule has 0 fully saturated rings. The zero-order valence-corrected chi connectivity index (χ0v) is 15.9. The maximum atomic E-state index is 10.2. The number of hydrogen-bond acceptors (Lipinski definition) is 4. The summed E-state index contributed by atoms with van der Waals surface area (Å²) >= 11 is 0. The molecule has 0 aliphatic rings. The maximum absolute atomic E-state index is 10.2. The van der Waals surface area contributed by atoms with Gasteiger partial charge in [-0.25, -0.2) is 0 Å². The first-order valence-corrected chi connectivity index (χ1v) is 8.66. The minimum absolute atomic E-state index is 0.493. The molecule has 0 radical (unpaired) electrons. The second-order valence-electron chi connectivity index (χ2n) is 7.56. The van der Waals surface area contributed by atoms with Gasteiger partial charge >= 0.3 is 0 Å². The highest BCUT2D eigenvalue weighted by Crippen LogP contribution is 2.19. The second-order valence-corrected chi connectivity index (χ2v) is 7.56. The number of aliphatic hydroxyl groups excluding tert-OH is 2. The molecule has 24 heavy (non-hydrogen) atoms. The largest absolute Gasteiger partial charge is 0.390 e. The molecule has 0 heterocycles. The van der Waals surface area contributed by atoms with Crippen molar-refractivity contribution in [2.75, 3.05) is 0 Å². The summed E-state index contributed by atoms with van der Waals surface area (Å²) in [5, 5.41) is 39.6. The summed E-state index contributed by atoms with van der Waals surface area (Å²) in [5.41, 5.74) is 0.000799. The van der Waals surface area contributed by atoms with Gasteiger partial charge < -0.3 is 20.4 Å². The molecule has 4 heteroatoms. The van der Waals surface area contributed by atoms with Crippen molar-refractivity contribution in [3.8, 4) is 0 Å². The zero-order valence-electron chi connectivity index (χ0n) is 15.9. The fraction of sp³-hybridized carbons (Fsp3) is 0.700. The molecule has 0 spiro atoms. The summed E-state index contributed by atoms with van der Waals surface area (Å²) in [6.07, 6.45) is 7.09. The molecule has 0 saturated carbocycles. The fourth-order valence-electron chi connectivity index (χ4n) is 2.15. The van der Waals surface area contributed by atoms with Crippen molar-refractivity contribution in [2.24, 2.45) is 0 Å². The van der Waals surface area contributed by atoms with Crippen molar-refractivity contribution in [1.82, 2.24) is 0 Å². The normalized spacial score (nSPS) is 18.9. The van der Waals surface area contributed by atoms with Gasteiger partial charge in [0.2, 0.25) is 0 Å². The van der Waals surface area contributed by atoms with Gasteiger partial charge in [-0.15, -0.1) is 6.58 Å². The van der Waals surface area contributed by atoms with Gasteiger partial charge in [0.25, 0.3) is 0 Å². The topological polar surface area (TPSA) is 80.9 Å². The maximum Gasteiger partial charge on any atom is 0.0849 e. The average molecular weight is 341 g/mol. The van der Waals surface area contributed by atoms with Crippen molar-refractivity contribution >= 4 is 0 Å². The van der Waals surface area contributed by atoms with Crippen LogP contribution in [0.2, 0.25) is 0 Å². The van der Waals surface area contributed by atoms with Crippen LogP contribution in [-0.2, 0) is 0 Å². The van der Waals surface area contributed by atoms with E-state index in [9.17, 15) is 20.4 Å². The lowest BCUT2D eigenvalue weighted by atomic mass is 9.95. The lowest BCUT2D eigenvalue weighted by molar-refractivity contribution is -0.0509. The van der Waals surface area contributed by atoms with Crippen LogP contribution in [0, 0.1) is 0 Å². The standard InChI is InChI=1S/C20H36O4/c1-7-20(6,24)14-8-9-16(3)17(21)12-10-15(2)11-13-18(22)19(4,5)23/h7,9-10,17-18,21-24H,1,8,11-14H2,2-6H3. The first-order valence-electron chi connectivity index (χ1n) is 8.66. The number of allylic oxidation sites excluding steroid dienone is 2. The van der Waals surface area contributed by atoms with Gasteiger partial charge in [0.1, 0.15) is 0 Å². The Kier molecular flexibility index (Phi) is 9.74. The first-order chi connectivity index (χ1) is 10.9. The molecule has 0 aromatic rings. The number of aliphatic hydroxyl groups is 4. The minimum atomic E-state index is -1.09. The molecular weight excluding hydrogens is 304 g/mol. The van der Waals surface area contributed by atoms with Gasteiger partial charge in [-0.3, -0.25) is 0 Å². The molecule has 4 nitrogen and oxygen atoms in total. The lowest BCUT2D eigenvalue weighted by Crippen LogP contribution is -2.35. The third kappa shape index (κ3) is 10.0. The summed E-state index contributed by atoms with van der Waals surface area (Å²) in [5.74, 6) is 0. The monoisotopic (exact) mass is 340 g/mol. The average Bonchev–Trinajstić information content (AvgIpc) is 2.48. The third-order valence-corrected chi connectivity index (χ3v) is 4.40. The van der Waals surface area contributed by atoms with Crippen molar-refractivity contribution < 1.29 is 20.4 Å². The van der Waals surface area contributed by atoms with Gasteiger partial charge in [0.05, 0.1) is 23.4 Å². The fourth-order valence-corrected chi connectivity index (χ4v) is 2.15. The van der Waals surface area contributed by atoms with Crippen LogP contribution in [0.3, 0.4) is 0 Å². The highest BCUT2D eigenvalue weighted by Gasteiger charge is 2.23. The first kappa shape index (κ1) is 23.1. The van der Waals surface area contributed by atoms with E-state index in [-0.39, 0.29) is 0 Å². The van der Waals surface area contributed by atoms with E-state index >= 15 is 0 Å². The Balaban J connectivity index is 4.34. The van der Waals surface area contributed by atoms with E-state index in [1.807, 2.05) is 26.0 Å². The minimum Gasteiger partial charge on any atom is -0.390 e. The third-order valence-electron chi connectivity index (χ3n) is 4.40. The van der Waals surface area contributed by atoms with Crippen LogP contribution in [0.25, 0.3) is 0 Å². The van der Waals surface area contributed by atoms with Crippen molar-refractivity contribution in [3.05, 3.63) is 36.0 Å². The van der Waals surface area contributed by atoms with E-state index in [1.54, 1.807) is 20.8 Å². The van der Waals surface area contributed by atoms with Crippen LogP contribution >= 0.6 is 0 Å². The van der Waals surface area contributed by atoms with Crippen molar-refractivity contribution in [2.45, 2.75) is 90.1 Å². The highest BCUT2D eigenvalue weighted by molar-refractivity contribution is 5.10. The van der Waals surface area contributed by atoms with Gasteiger partial charge in [0, 0.05) is 0 Å². The summed E-state index contributed by atoms with van der Waals surface area (Å²) in [4.78, 5) is 0. The van der Waals surface area contributed by atoms with Crippen LogP contribution in [0.15, 0.2) is 36.0 Å². The van der Waals surface area contributed by atoms with Crippen LogP contribution in [-0.4, -0.2) is 43.8 Å². The molecule has 140 valence electrons. The van der Waals surface area contributed by atoms with Crippen LogP contribution in [0.4, 0.5) is 0 Å². The molecule has 0 amide bonds. The molecule has 3 unspecified atom stereocenters. The quantitative estimate of drug-likeness (QED) is 0.435. The second kappa shape index (κ2) is 10.1. The van der Waals surface area contributed by atoms with Gasteiger partial charge in [0.15, 0.2) is 0 Å². The van der Waals surface area contributed by atoms with Crippen molar-refractivity contribution in [1.29, 1.82) is 0 Å². The van der Waals surface area contributed by atoms with E-state index in [0.717, 1.165) is 11.1 Å². The number of rotatable bonds is 11. The molecule has 0 rings (SSSR count). The van der Waals surface area contributed by atoms with E-state index < -0.39 is 23.4 Å². The van der Waals surface area contributed by atoms with Crippen LogP contribution in [0.5, 0.6) is 0 Å². The van der Waals surface area contributed by atoms with E-state index in [1.165, 1.54) is 6.08 Å². The zero-order chi connectivity index (χ0) is 19.0. The Bertz CT molecular complexity index is 441. The molecular formula is C20H36O4. The Morgan fingerprint density at radius 1 is 1.08 bits per heavy atom. The smallest absolute Gasteiger partial charge is 0.0849 e. The van der Waals surface area contributed by atoms with Gasteiger partial charge in [-0.2, -0.15) is 0 Å². The Hall–Kier alpha value is -0.940. The summed E-state index contributed by atoms with van der Waals surface area (Å²) in [6.45, 7) is 12.4. The molecule has 0 aliphatic carbocycles. The SMILES string of the molecule is C=CC(C)(O)CCC=C(C)C(O)CC=C(C)CCC(O)C(C)(C)O. The van der Waals surface area contributed by atoms with Gasteiger partial charge in [-0.05, 0) is 72.3 Å². The van der Waals surface area contributed by atoms with E-state index in [2.05, 4.69) is 6.58 Å². The summed E-state index contributed by atoms with van der Waals surface area (Å²) < 4.78 is 0. The molecule has 0 bridgehead atoms. The predicted molar refractivity (Wildman–Crippen MR) is 99.7 cm³/mol. The molecule has 0 aromatic heterocycles. The molecule has 0 aromatic carbocycles. The molecule has 4 N–H and O–H groups in total. The Labute approximate surface area is 147 Å². The predicted octanol–water partition coefficient (Wildman–Crippen LogP) is 3.26. The van der Waals surface area contributed by atoms with E-state index in [0.29, 0.717) is 32.1 Å². The lowest BCUT2D eigenvalue weighted by Gasteiger charge is -2.24. The van der Waals surface area contributed by atoms with E-state index in [4.69, 9.17) is 0 Å². The number of hydrogen-bond donors (Lipinski definition) is 4. The summed E-state index contributed by atoms with van der Waals surface area (Å²) in [6, 6.07) is 0. The van der Waals surface area contributed by atoms with Crippen LogP contribution in [0.1, 0.15) is 66.7 Å². The van der Waals surface area contributed by atoms with Crippen molar-refractivity contribution in [3.63, 3.8) is 0 Å². The summed E-state index contributed by atoms with van der Waals surface area (Å²) in [7, 11) is 0. The Morgan fingerprint density at radius 2 is 1.67 bits per heavy atom. The van der Waals surface area contributed by atoms with Gasteiger partial charge in [-0.1, -0.05) is 23.8 Å². The molecule has 0 aliphatic heterocycles.